The minimum atomic E-state index is -4.43. The van der Waals surface area contributed by atoms with Crippen LogP contribution in [0.25, 0.3) is 5.76 Å². The molecule has 1 heterocycles. The molecule has 0 aliphatic carbocycles. The second-order valence-electron chi connectivity index (χ2n) is 7.20. The topological polar surface area (TPSA) is 29.8 Å². The summed E-state index contributed by atoms with van der Waals surface area (Å²) in [4.78, 5) is 0. The largest absolute Gasteiger partial charge is 0.995 e. The van der Waals surface area contributed by atoms with Gasteiger partial charge in [0.05, 0.1) is 24.5 Å². The van der Waals surface area contributed by atoms with Crippen LogP contribution in [0, 0.1) is 0 Å². The van der Waals surface area contributed by atoms with Gasteiger partial charge in [-0.3, -0.25) is 0 Å². The van der Waals surface area contributed by atoms with E-state index in [1.54, 1.807) is 43.5 Å². The molecule has 3 rings (SSSR count). The third-order valence-electron chi connectivity index (χ3n) is 4.20. The van der Waals surface area contributed by atoms with Gasteiger partial charge in [-0.25, -0.2) is 0 Å². The molecule has 0 amide bonds. The molecular formula is C20H21BF2O3. The zero-order valence-corrected chi connectivity index (χ0v) is 15.3. The van der Waals surface area contributed by atoms with Gasteiger partial charge in [0.1, 0.15) is 5.75 Å². The van der Waals surface area contributed by atoms with Crippen molar-refractivity contribution in [1.29, 1.82) is 0 Å². The van der Waals surface area contributed by atoms with Gasteiger partial charge in [-0.2, -0.15) is 0 Å². The number of hydrogen-bond acceptors (Lipinski definition) is 2. The number of ketones is 1. The van der Waals surface area contributed by atoms with Crippen molar-refractivity contribution in [2.45, 2.75) is 26.2 Å². The molecule has 3 nitrogen and oxygen atoms in total. The molecule has 0 saturated carbocycles. The number of benzene rings is 2. The van der Waals surface area contributed by atoms with Crippen molar-refractivity contribution in [2.24, 2.45) is 0 Å². The fraction of sp³-hybridized carbons (Fsp3) is 0.250. The first-order valence-corrected chi connectivity index (χ1v) is 8.40. The molecule has 6 heteroatoms. The lowest BCUT2D eigenvalue weighted by molar-refractivity contribution is -0.183. The lowest BCUT2D eigenvalue weighted by Gasteiger charge is -2.22. The van der Waals surface area contributed by atoms with Crippen LogP contribution >= 0.6 is 0 Å². The lowest BCUT2D eigenvalue weighted by atomic mass is 9.86. The van der Waals surface area contributed by atoms with E-state index in [0.717, 1.165) is 5.56 Å². The molecular weight excluding hydrogens is 337 g/mol. The van der Waals surface area contributed by atoms with Gasteiger partial charge in [0.2, 0.25) is 0 Å². The van der Waals surface area contributed by atoms with Crippen LogP contribution in [-0.2, 0) is 10.1 Å². The predicted octanol–water partition coefficient (Wildman–Crippen LogP) is 5.16. The summed E-state index contributed by atoms with van der Waals surface area (Å²) in [6, 6.07) is 14.1. The Balaban J connectivity index is 1.96. The van der Waals surface area contributed by atoms with E-state index in [2.05, 4.69) is 20.8 Å². The highest BCUT2D eigenvalue weighted by atomic mass is 19.3. The SMILES string of the molecule is COc1ccc(C2=[O+][B-](F)(F)OC(c3ccc(C(C)(C)C)cc3)=C2)cc1. The van der Waals surface area contributed by atoms with E-state index in [1.165, 1.54) is 6.08 Å². The van der Waals surface area contributed by atoms with E-state index >= 15 is 0 Å². The fourth-order valence-electron chi connectivity index (χ4n) is 2.70. The highest BCUT2D eigenvalue weighted by molar-refractivity contribution is 6.52. The summed E-state index contributed by atoms with van der Waals surface area (Å²) in [7, 11) is -2.89. The minimum Gasteiger partial charge on any atom is -0.569 e. The van der Waals surface area contributed by atoms with E-state index in [-0.39, 0.29) is 17.0 Å². The predicted molar refractivity (Wildman–Crippen MR) is 99.5 cm³/mol. The molecule has 0 saturated heterocycles. The standard InChI is InChI=1S/C20H21BF2O3/c1-20(2,3)16-9-5-14(6-10-16)18-13-19(26-21(22,23)25-18)15-7-11-17(24-4)12-8-15/h5-13H,1-4H3. The molecule has 26 heavy (non-hydrogen) atoms. The second-order valence-corrected chi connectivity index (χ2v) is 7.20. The third-order valence-corrected chi connectivity index (χ3v) is 4.20. The van der Waals surface area contributed by atoms with E-state index in [4.69, 9.17) is 13.7 Å². The van der Waals surface area contributed by atoms with Gasteiger partial charge in [0.25, 0.3) is 5.78 Å². The van der Waals surface area contributed by atoms with Crippen LogP contribution in [0.15, 0.2) is 54.6 Å². The van der Waals surface area contributed by atoms with Gasteiger partial charge in [-0.05, 0) is 35.2 Å². The van der Waals surface area contributed by atoms with Crippen LogP contribution in [-0.4, -0.2) is 20.0 Å². The van der Waals surface area contributed by atoms with E-state index < -0.39 is 7.11 Å². The van der Waals surface area contributed by atoms with Crippen molar-refractivity contribution < 1.29 is 22.4 Å². The average Bonchev–Trinajstić information content (AvgIpc) is 2.60. The summed E-state index contributed by atoms with van der Waals surface area (Å²) >= 11 is 0. The Bertz CT molecular complexity index is 848. The number of methoxy groups -OCH3 is 1. The van der Waals surface area contributed by atoms with Crippen molar-refractivity contribution in [3.05, 3.63) is 71.3 Å². The van der Waals surface area contributed by atoms with Crippen LogP contribution in [0.1, 0.15) is 41.8 Å². The van der Waals surface area contributed by atoms with Crippen LogP contribution in [0.4, 0.5) is 8.63 Å². The summed E-state index contributed by atoms with van der Waals surface area (Å²) in [5, 5.41) is 0. The minimum absolute atomic E-state index is 0.0162. The summed E-state index contributed by atoms with van der Waals surface area (Å²) in [5.41, 5.74) is 2.20. The molecule has 1 aliphatic rings. The Labute approximate surface area is 152 Å². The molecule has 2 aromatic carbocycles. The number of rotatable bonds is 3. The number of ether oxygens (including phenoxy) is 1. The van der Waals surface area contributed by atoms with Crippen LogP contribution in [0.2, 0.25) is 0 Å². The molecule has 0 spiro atoms. The van der Waals surface area contributed by atoms with Gasteiger partial charge in [0, 0.05) is 5.56 Å². The number of halogens is 2. The number of allylic oxidation sites excluding steroid dienone is 1. The van der Waals surface area contributed by atoms with E-state index in [0.29, 0.717) is 16.9 Å². The summed E-state index contributed by atoms with van der Waals surface area (Å²) in [6.45, 7) is 6.29. The summed E-state index contributed by atoms with van der Waals surface area (Å²) < 4.78 is 42.7. The third kappa shape index (κ3) is 3.95. The molecule has 1 aliphatic heterocycles. The average molecular weight is 358 g/mol. The quantitative estimate of drug-likeness (QED) is 0.561. The van der Waals surface area contributed by atoms with Crippen LogP contribution in [0.5, 0.6) is 5.75 Å². The van der Waals surface area contributed by atoms with Crippen LogP contribution < -0.4 is 4.74 Å². The molecule has 0 radical (unpaired) electrons. The van der Waals surface area contributed by atoms with Crippen molar-refractivity contribution in [3.8, 4) is 5.75 Å². The number of carbonyl (C=O) groups excluding carboxylic acids is 1. The molecule has 136 valence electrons. The van der Waals surface area contributed by atoms with Crippen molar-refractivity contribution in [1.82, 2.24) is 0 Å². The number of hydrogen-bond donors (Lipinski definition) is 0. The van der Waals surface area contributed by atoms with Gasteiger partial charge < -0.3 is 22.4 Å². The smallest absolute Gasteiger partial charge is 0.569 e. The van der Waals surface area contributed by atoms with E-state index in [1.807, 2.05) is 12.1 Å². The van der Waals surface area contributed by atoms with E-state index in [9.17, 15) is 8.63 Å². The first-order valence-electron chi connectivity index (χ1n) is 8.40. The van der Waals surface area contributed by atoms with Crippen molar-refractivity contribution in [3.63, 3.8) is 0 Å². The van der Waals surface area contributed by atoms with Gasteiger partial charge in [0.15, 0.2) is 0 Å². The monoisotopic (exact) mass is 358 g/mol. The lowest BCUT2D eigenvalue weighted by Crippen LogP contribution is -2.31. The molecule has 0 fully saturated rings. The summed E-state index contributed by atoms with van der Waals surface area (Å²) in [5.74, 6) is 0.798. The molecule has 0 N–H and O–H groups in total. The van der Waals surface area contributed by atoms with Crippen molar-refractivity contribution in [2.75, 3.05) is 7.11 Å². The zero-order chi connectivity index (χ0) is 18.9. The van der Waals surface area contributed by atoms with Crippen LogP contribution in [0.3, 0.4) is 0 Å². The molecule has 0 bridgehead atoms. The highest BCUT2D eigenvalue weighted by Crippen LogP contribution is 2.30. The maximum Gasteiger partial charge on any atom is 0.995 e. The van der Waals surface area contributed by atoms with Gasteiger partial charge >= 0.3 is 7.11 Å². The van der Waals surface area contributed by atoms with Gasteiger partial charge in [-0.1, -0.05) is 45.0 Å². The Morgan fingerprint density at radius 2 is 1.50 bits per heavy atom. The Kier molecular flexibility index (Phi) is 4.61. The second kappa shape index (κ2) is 6.59. The summed E-state index contributed by atoms with van der Waals surface area (Å²) in [6.07, 6.45) is 1.49. The Morgan fingerprint density at radius 1 is 0.923 bits per heavy atom. The first-order chi connectivity index (χ1) is 12.2. The van der Waals surface area contributed by atoms with Gasteiger partial charge in [-0.15, -0.1) is 0 Å². The Hall–Kier alpha value is -2.63. The zero-order valence-electron chi connectivity index (χ0n) is 15.3. The maximum absolute atomic E-state index is 14.0. The molecule has 0 unspecified atom stereocenters. The maximum atomic E-state index is 14.0. The fourth-order valence-corrected chi connectivity index (χ4v) is 2.70. The molecule has 0 atom stereocenters. The normalized spacial score (nSPS) is 16.4. The highest BCUT2D eigenvalue weighted by Gasteiger charge is 2.53. The first kappa shape index (κ1) is 18.2. The molecule has 0 aromatic heterocycles. The van der Waals surface area contributed by atoms with Crippen molar-refractivity contribution >= 4 is 18.6 Å². The Morgan fingerprint density at radius 3 is 2.04 bits per heavy atom. The molecule has 2 aromatic rings.